The van der Waals surface area contributed by atoms with Gasteiger partial charge in [-0.2, -0.15) is 0 Å². The number of hydrogen-bond donors (Lipinski definition) is 1. The Bertz CT molecular complexity index is 905. The molecule has 0 saturated heterocycles. The van der Waals surface area contributed by atoms with Crippen molar-refractivity contribution < 1.29 is 9.21 Å². The molecule has 0 bridgehead atoms. The lowest BCUT2D eigenvalue weighted by molar-refractivity contribution is -0.120. The van der Waals surface area contributed by atoms with Crippen LogP contribution in [0.2, 0.25) is 10.0 Å². The summed E-state index contributed by atoms with van der Waals surface area (Å²) < 4.78 is 5.55. The molecule has 2 aromatic heterocycles. The highest BCUT2D eigenvalue weighted by atomic mass is 35.5. The molecule has 1 N–H and O–H groups in total. The number of furan rings is 1. The first-order chi connectivity index (χ1) is 12.5. The first-order valence-corrected chi connectivity index (χ1v) is 9.86. The van der Waals surface area contributed by atoms with Gasteiger partial charge in [0.15, 0.2) is 10.8 Å². The van der Waals surface area contributed by atoms with Gasteiger partial charge in [0, 0.05) is 11.9 Å². The van der Waals surface area contributed by atoms with E-state index in [4.69, 9.17) is 27.6 Å². The molecule has 0 spiro atoms. The number of amides is 1. The zero-order chi connectivity index (χ0) is 18.5. The third-order valence-electron chi connectivity index (χ3n) is 3.79. The molecule has 4 nitrogen and oxygen atoms in total. The van der Waals surface area contributed by atoms with Crippen LogP contribution in [0.5, 0.6) is 0 Å². The third-order valence-corrected chi connectivity index (χ3v) is 5.44. The van der Waals surface area contributed by atoms with Crippen molar-refractivity contribution in [1.82, 2.24) is 10.3 Å². The van der Waals surface area contributed by atoms with Crippen LogP contribution in [0.25, 0.3) is 10.8 Å². The van der Waals surface area contributed by atoms with Gasteiger partial charge in [-0.15, -0.1) is 11.3 Å². The highest BCUT2D eigenvalue weighted by Gasteiger charge is 2.11. The predicted octanol–water partition coefficient (Wildman–Crippen LogP) is 5.31. The number of thiazole rings is 1. The number of carbonyl (C=O) groups excluding carboxylic acids is 1. The van der Waals surface area contributed by atoms with E-state index in [2.05, 4.69) is 10.3 Å². The number of nitrogens with one attached hydrogen (secondary N) is 1. The zero-order valence-electron chi connectivity index (χ0n) is 14.2. The SMILES string of the molecule is Cc1ccc(-c2nc(CC(=O)NCCCc3ccc(Cl)c(Cl)c3)cs2)o1. The highest BCUT2D eigenvalue weighted by molar-refractivity contribution is 7.13. The van der Waals surface area contributed by atoms with E-state index in [1.54, 1.807) is 6.07 Å². The molecule has 2 heterocycles. The Morgan fingerprint density at radius 2 is 2.08 bits per heavy atom. The van der Waals surface area contributed by atoms with Crippen molar-refractivity contribution in [2.24, 2.45) is 0 Å². The molecule has 0 saturated carbocycles. The molecule has 3 rings (SSSR count). The van der Waals surface area contributed by atoms with E-state index in [-0.39, 0.29) is 12.3 Å². The monoisotopic (exact) mass is 408 g/mol. The molecule has 0 atom stereocenters. The van der Waals surface area contributed by atoms with E-state index in [1.165, 1.54) is 11.3 Å². The van der Waals surface area contributed by atoms with Crippen LogP contribution in [0.4, 0.5) is 0 Å². The van der Waals surface area contributed by atoms with E-state index in [0.29, 0.717) is 16.6 Å². The zero-order valence-corrected chi connectivity index (χ0v) is 16.5. The standard InChI is InChI=1S/C19H18Cl2N2O2S/c1-12-4-7-17(25-12)19-23-14(11-26-19)10-18(24)22-8-2-3-13-5-6-15(20)16(21)9-13/h4-7,9,11H,2-3,8,10H2,1H3,(H,22,24). The van der Waals surface area contributed by atoms with Crippen LogP contribution in [0.3, 0.4) is 0 Å². The second kappa shape index (κ2) is 8.71. The maximum absolute atomic E-state index is 12.1. The summed E-state index contributed by atoms with van der Waals surface area (Å²) in [6.45, 7) is 2.50. The summed E-state index contributed by atoms with van der Waals surface area (Å²) in [5.74, 6) is 1.55. The maximum Gasteiger partial charge on any atom is 0.226 e. The van der Waals surface area contributed by atoms with Crippen LogP contribution in [0.15, 0.2) is 40.1 Å². The molecule has 0 fully saturated rings. The van der Waals surface area contributed by atoms with Gasteiger partial charge < -0.3 is 9.73 Å². The molecule has 1 amide bonds. The van der Waals surface area contributed by atoms with Crippen LogP contribution in [0, 0.1) is 6.92 Å². The van der Waals surface area contributed by atoms with Crippen molar-refractivity contribution in [3.05, 3.63) is 62.8 Å². The van der Waals surface area contributed by atoms with Gasteiger partial charge in [-0.3, -0.25) is 4.79 Å². The molecule has 0 aliphatic rings. The number of halogens is 2. The molecule has 0 aliphatic carbocycles. The lowest BCUT2D eigenvalue weighted by Gasteiger charge is -2.05. The topological polar surface area (TPSA) is 55.1 Å². The average Bonchev–Trinajstić information content (AvgIpc) is 3.24. The quantitative estimate of drug-likeness (QED) is 0.538. The van der Waals surface area contributed by atoms with Crippen molar-refractivity contribution in [3.8, 4) is 10.8 Å². The number of rotatable bonds is 7. The minimum atomic E-state index is -0.0355. The van der Waals surface area contributed by atoms with Gasteiger partial charge in [0.25, 0.3) is 0 Å². The Hall–Kier alpha value is -1.82. The molecule has 7 heteroatoms. The Labute approximate surface area is 166 Å². The average molecular weight is 409 g/mol. The van der Waals surface area contributed by atoms with Gasteiger partial charge in [-0.05, 0) is 49.6 Å². The molecule has 0 aliphatic heterocycles. The van der Waals surface area contributed by atoms with Gasteiger partial charge in [-0.25, -0.2) is 4.98 Å². The lowest BCUT2D eigenvalue weighted by Crippen LogP contribution is -2.26. The van der Waals surface area contributed by atoms with E-state index < -0.39 is 0 Å². The maximum atomic E-state index is 12.1. The number of hydrogen-bond acceptors (Lipinski definition) is 4. The fraction of sp³-hybridized carbons (Fsp3) is 0.263. The van der Waals surface area contributed by atoms with Gasteiger partial charge in [0.2, 0.25) is 5.91 Å². The van der Waals surface area contributed by atoms with Crippen molar-refractivity contribution >= 4 is 40.4 Å². The first kappa shape index (κ1) is 19.0. The van der Waals surface area contributed by atoms with Gasteiger partial charge >= 0.3 is 0 Å². The Morgan fingerprint density at radius 3 is 2.81 bits per heavy atom. The summed E-state index contributed by atoms with van der Waals surface area (Å²) in [6.07, 6.45) is 1.93. The van der Waals surface area contributed by atoms with E-state index in [9.17, 15) is 4.79 Å². The molecular weight excluding hydrogens is 391 g/mol. The van der Waals surface area contributed by atoms with Crippen LogP contribution >= 0.6 is 34.5 Å². The fourth-order valence-corrected chi connectivity index (χ4v) is 3.59. The van der Waals surface area contributed by atoms with Crippen molar-refractivity contribution in [2.45, 2.75) is 26.2 Å². The second-order valence-corrected chi connectivity index (χ2v) is 7.61. The third kappa shape index (κ3) is 5.10. The highest BCUT2D eigenvalue weighted by Crippen LogP contribution is 2.26. The Kier molecular flexibility index (Phi) is 6.35. The van der Waals surface area contributed by atoms with Crippen LogP contribution in [-0.4, -0.2) is 17.4 Å². The summed E-state index contributed by atoms with van der Waals surface area (Å²) in [6, 6.07) is 9.39. The summed E-state index contributed by atoms with van der Waals surface area (Å²) in [5.41, 5.74) is 1.85. The van der Waals surface area contributed by atoms with Gasteiger partial charge in [-0.1, -0.05) is 29.3 Å². The van der Waals surface area contributed by atoms with Crippen molar-refractivity contribution in [2.75, 3.05) is 6.54 Å². The smallest absolute Gasteiger partial charge is 0.226 e. The van der Waals surface area contributed by atoms with E-state index >= 15 is 0 Å². The summed E-state index contributed by atoms with van der Waals surface area (Å²) in [7, 11) is 0. The molecule has 3 aromatic rings. The van der Waals surface area contributed by atoms with Crippen molar-refractivity contribution in [1.29, 1.82) is 0 Å². The molecule has 0 radical (unpaired) electrons. The number of nitrogens with zero attached hydrogens (tertiary/aromatic N) is 1. The Balaban J connectivity index is 1.43. The predicted molar refractivity (Wildman–Crippen MR) is 106 cm³/mol. The second-order valence-electron chi connectivity index (χ2n) is 5.93. The number of benzene rings is 1. The van der Waals surface area contributed by atoms with Crippen LogP contribution < -0.4 is 5.32 Å². The molecular formula is C19H18Cl2N2O2S. The van der Waals surface area contributed by atoms with E-state index in [1.807, 2.05) is 36.6 Å². The van der Waals surface area contributed by atoms with E-state index in [0.717, 1.165) is 40.6 Å². The van der Waals surface area contributed by atoms with Gasteiger partial charge in [0.1, 0.15) is 5.76 Å². The first-order valence-electron chi connectivity index (χ1n) is 8.23. The minimum absolute atomic E-state index is 0.0355. The molecule has 0 unspecified atom stereocenters. The Morgan fingerprint density at radius 1 is 1.23 bits per heavy atom. The number of aryl methyl sites for hydroxylation is 2. The normalized spacial score (nSPS) is 10.9. The molecule has 136 valence electrons. The largest absolute Gasteiger partial charge is 0.459 e. The fourth-order valence-electron chi connectivity index (χ4n) is 2.49. The number of aromatic nitrogens is 1. The summed E-state index contributed by atoms with van der Waals surface area (Å²) in [5, 5.41) is 6.71. The lowest BCUT2D eigenvalue weighted by atomic mass is 10.1. The van der Waals surface area contributed by atoms with Crippen molar-refractivity contribution in [3.63, 3.8) is 0 Å². The summed E-state index contributed by atoms with van der Waals surface area (Å²) in [4.78, 5) is 16.5. The molecule has 1 aromatic carbocycles. The minimum Gasteiger partial charge on any atom is -0.459 e. The summed E-state index contributed by atoms with van der Waals surface area (Å²) >= 11 is 13.4. The van der Waals surface area contributed by atoms with Crippen LogP contribution in [-0.2, 0) is 17.6 Å². The van der Waals surface area contributed by atoms with Crippen LogP contribution in [0.1, 0.15) is 23.4 Å². The van der Waals surface area contributed by atoms with Gasteiger partial charge in [0.05, 0.1) is 22.2 Å². The molecule has 26 heavy (non-hydrogen) atoms. The number of carbonyl (C=O) groups is 1.